The molecule has 0 unspecified atom stereocenters. The highest BCUT2D eigenvalue weighted by molar-refractivity contribution is 5.89. The SMILES string of the molecule is CC.CNC(=O)CCN(C=O)c1ccc2c(C)cn(C)c2c1. The Morgan fingerprint density at radius 1 is 1.36 bits per heavy atom. The molecule has 1 N–H and O–H groups in total. The number of hydrogen-bond acceptors (Lipinski definition) is 2. The molecule has 0 saturated carbocycles. The van der Waals surface area contributed by atoms with Crippen LogP contribution in [0.15, 0.2) is 24.4 Å². The molecule has 0 spiro atoms. The highest BCUT2D eigenvalue weighted by Crippen LogP contribution is 2.25. The number of anilines is 1. The Bertz CT molecular complexity index is 647. The van der Waals surface area contributed by atoms with Crippen molar-refractivity contribution in [1.29, 1.82) is 0 Å². The lowest BCUT2D eigenvalue weighted by atomic mass is 10.1. The molecule has 0 atom stereocenters. The zero-order chi connectivity index (χ0) is 16.7. The fraction of sp³-hybridized carbons (Fsp3) is 0.412. The second kappa shape index (κ2) is 8.22. The lowest BCUT2D eigenvalue weighted by Crippen LogP contribution is -2.28. The van der Waals surface area contributed by atoms with Gasteiger partial charge in [-0.3, -0.25) is 9.59 Å². The van der Waals surface area contributed by atoms with Gasteiger partial charge in [-0.1, -0.05) is 19.9 Å². The molecule has 0 saturated heterocycles. The molecular weight excluding hydrogens is 278 g/mol. The number of hydrogen-bond donors (Lipinski definition) is 1. The van der Waals surface area contributed by atoms with Crippen LogP contribution in [0.4, 0.5) is 5.69 Å². The highest BCUT2D eigenvalue weighted by atomic mass is 16.2. The highest BCUT2D eigenvalue weighted by Gasteiger charge is 2.10. The Kier molecular flexibility index (Phi) is 6.63. The monoisotopic (exact) mass is 303 g/mol. The molecule has 5 nitrogen and oxygen atoms in total. The number of benzene rings is 1. The molecule has 1 aromatic carbocycles. The van der Waals surface area contributed by atoms with Crippen molar-refractivity contribution in [3.8, 4) is 0 Å². The molecule has 0 radical (unpaired) electrons. The van der Waals surface area contributed by atoms with E-state index in [1.807, 2.05) is 43.7 Å². The molecule has 5 heteroatoms. The smallest absolute Gasteiger partial charge is 0.221 e. The number of carbonyl (C=O) groups is 2. The first kappa shape index (κ1) is 17.8. The predicted molar refractivity (Wildman–Crippen MR) is 91.1 cm³/mol. The summed E-state index contributed by atoms with van der Waals surface area (Å²) < 4.78 is 2.04. The van der Waals surface area contributed by atoms with E-state index in [9.17, 15) is 9.59 Å². The van der Waals surface area contributed by atoms with Crippen LogP contribution in [-0.4, -0.2) is 30.5 Å². The summed E-state index contributed by atoms with van der Waals surface area (Å²) in [6.45, 7) is 6.43. The van der Waals surface area contributed by atoms with Gasteiger partial charge in [0.1, 0.15) is 0 Å². The minimum atomic E-state index is -0.0763. The fourth-order valence-electron chi connectivity index (χ4n) is 2.34. The summed E-state index contributed by atoms with van der Waals surface area (Å²) in [6.07, 6.45) is 3.11. The van der Waals surface area contributed by atoms with Crippen LogP contribution in [0.3, 0.4) is 0 Å². The first-order valence-electron chi connectivity index (χ1n) is 7.55. The molecule has 2 amide bonds. The van der Waals surface area contributed by atoms with E-state index in [0.717, 1.165) is 17.6 Å². The molecule has 2 aromatic rings. The molecule has 2 rings (SSSR count). The maximum absolute atomic E-state index is 11.3. The van der Waals surface area contributed by atoms with Crippen molar-refractivity contribution >= 4 is 28.9 Å². The summed E-state index contributed by atoms with van der Waals surface area (Å²) >= 11 is 0. The number of carbonyl (C=O) groups excluding carboxylic acids is 2. The quantitative estimate of drug-likeness (QED) is 0.863. The van der Waals surface area contributed by atoms with Crippen molar-refractivity contribution in [3.05, 3.63) is 30.0 Å². The molecule has 0 aliphatic heterocycles. The van der Waals surface area contributed by atoms with Crippen LogP contribution in [0.2, 0.25) is 0 Å². The predicted octanol–water partition coefficient (Wildman–Crippen LogP) is 2.61. The molecule has 1 heterocycles. The molecule has 120 valence electrons. The Balaban J connectivity index is 0.00000116. The van der Waals surface area contributed by atoms with Gasteiger partial charge in [-0.2, -0.15) is 0 Å². The minimum Gasteiger partial charge on any atom is -0.359 e. The molecule has 0 aliphatic rings. The van der Waals surface area contributed by atoms with E-state index in [-0.39, 0.29) is 5.91 Å². The molecule has 0 aliphatic carbocycles. The van der Waals surface area contributed by atoms with Gasteiger partial charge >= 0.3 is 0 Å². The van der Waals surface area contributed by atoms with Gasteiger partial charge in [0, 0.05) is 44.3 Å². The number of aromatic nitrogens is 1. The van der Waals surface area contributed by atoms with Crippen LogP contribution in [0.5, 0.6) is 0 Å². The van der Waals surface area contributed by atoms with Gasteiger partial charge in [0.25, 0.3) is 0 Å². The van der Waals surface area contributed by atoms with E-state index >= 15 is 0 Å². The summed E-state index contributed by atoms with van der Waals surface area (Å²) in [5.74, 6) is -0.0763. The van der Waals surface area contributed by atoms with Crippen LogP contribution >= 0.6 is 0 Å². The largest absolute Gasteiger partial charge is 0.359 e. The van der Waals surface area contributed by atoms with Crippen LogP contribution in [0.1, 0.15) is 25.8 Å². The minimum absolute atomic E-state index is 0.0763. The molecule has 22 heavy (non-hydrogen) atoms. The van der Waals surface area contributed by atoms with Crippen LogP contribution in [0, 0.1) is 6.92 Å². The van der Waals surface area contributed by atoms with Crippen molar-refractivity contribution in [2.45, 2.75) is 27.2 Å². The van der Waals surface area contributed by atoms with Gasteiger partial charge in [0.15, 0.2) is 0 Å². The van der Waals surface area contributed by atoms with Crippen molar-refractivity contribution in [1.82, 2.24) is 9.88 Å². The normalized spacial score (nSPS) is 9.86. The molecular formula is C17H25N3O2. The van der Waals surface area contributed by atoms with Gasteiger partial charge in [-0.05, 0) is 24.6 Å². The molecule has 1 aromatic heterocycles. The third-order valence-electron chi connectivity index (χ3n) is 3.49. The van der Waals surface area contributed by atoms with Crippen LogP contribution in [0.25, 0.3) is 10.9 Å². The van der Waals surface area contributed by atoms with E-state index in [2.05, 4.69) is 18.4 Å². The number of rotatable bonds is 5. The number of fused-ring (bicyclic) bond motifs is 1. The Morgan fingerprint density at radius 2 is 2.05 bits per heavy atom. The number of aryl methyl sites for hydroxylation is 2. The maximum atomic E-state index is 11.3. The standard InChI is InChI=1S/C15H19N3O2.C2H6/c1-11-9-17(3)14-8-12(4-5-13(11)14)18(10-19)7-6-15(20)16-2;1-2/h4-5,8-10H,6-7H2,1-3H3,(H,16,20);1-2H3. The topological polar surface area (TPSA) is 54.3 Å². The lowest BCUT2D eigenvalue weighted by Gasteiger charge is -2.17. The van der Waals surface area contributed by atoms with Crippen LogP contribution < -0.4 is 10.2 Å². The van der Waals surface area contributed by atoms with Crippen molar-refractivity contribution in [3.63, 3.8) is 0 Å². The summed E-state index contributed by atoms with van der Waals surface area (Å²) in [5.41, 5.74) is 3.08. The van der Waals surface area contributed by atoms with Gasteiger partial charge in [-0.25, -0.2) is 0 Å². The third-order valence-corrected chi connectivity index (χ3v) is 3.49. The summed E-state index contributed by atoms with van der Waals surface area (Å²) in [6, 6.07) is 5.89. The molecule has 0 bridgehead atoms. The van der Waals surface area contributed by atoms with Gasteiger partial charge in [-0.15, -0.1) is 0 Å². The van der Waals surface area contributed by atoms with E-state index in [4.69, 9.17) is 0 Å². The van der Waals surface area contributed by atoms with Gasteiger partial charge in [0.05, 0.1) is 5.52 Å². The second-order valence-electron chi connectivity index (χ2n) is 4.85. The average molecular weight is 303 g/mol. The Morgan fingerprint density at radius 3 is 2.64 bits per heavy atom. The second-order valence-corrected chi connectivity index (χ2v) is 4.85. The summed E-state index contributed by atoms with van der Waals surface area (Å²) in [7, 11) is 3.57. The lowest BCUT2D eigenvalue weighted by molar-refractivity contribution is -0.120. The van der Waals surface area contributed by atoms with Crippen LogP contribution in [-0.2, 0) is 16.6 Å². The van der Waals surface area contributed by atoms with Gasteiger partial charge in [0.2, 0.25) is 12.3 Å². The third kappa shape index (κ3) is 3.87. The number of nitrogens with one attached hydrogen (secondary N) is 1. The number of amides is 2. The van der Waals surface area contributed by atoms with Gasteiger partial charge < -0.3 is 14.8 Å². The van der Waals surface area contributed by atoms with Crippen molar-refractivity contribution in [2.75, 3.05) is 18.5 Å². The number of nitrogens with zero attached hydrogens (tertiary/aromatic N) is 2. The van der Waals surface area contributed by atoms with E-state index in [0.29, 0.717) is 13.0 Å². The van der Waals surface area contributed by atoms with E-state index in [1.165, 1.54) is 10.9 Å². The maximum Gasteiger partial charge on any atom is 0.221 e. The van der Waals surface area contributed by atoms with E-state index < -0.39 is 0 Å². The molecule has 0 fully saturated rings. The zero-order valence-corrected chi connectivity index (χ0v) is 14.0. The first-order valence-corrected chi connectivity index (χ1v) is 7.55. The first-order chi connectivity index (χ1) is 10.6. The average Bonchev–Trinajstić information content (AvgIpc) is 2.84. The Hall–Kier alpha value is -2.30. The zero-order valence-electron chi connectivity index (χ0n) is 14.0. The van der Waals surface area contributed by atoms with Crippen molar-refractivity contribution in [2.24, 2.45) is 7.05 Å². The van der Waals surface area contributed by atoms with Crippen molar-refractivity contribution < 1.29 is 9.59 Å². The van der Waals surface area contributed by atoms with E-state index in [1.54, 1.807) is 11.9 Å². The fourth-order valence-corrected chi connectivity index (χ4v) is 2.34. The summed E-state index contributed by atoms with van der Waals surface area (Å²) in [4.78, 5) is 24.0. The summed E-state index contributed by atoms with van der Waals surface area (Å²) in [5, 5.41) is 3.73. The Labute approximate surface area is 131 Å².